The molecule has 3 rings (SSSR count). The molecule has 1 fully saturated rings. The van der Waals surface area contributed by atoms with Gasteiger partial charge in [-0.3, -0.25) is 9.59 Å². The lowest BCUT2D eigenvalue weighted by atomic mass is 9.96. The highest BCUT2D eigenvalue weighted by Crippen LogP contribution is 2.22. The van der Waals surface area contributed by atoms with Crippen molar-refractivity contribution in [2.24, 2.45) is 5.92 Å². The van der Waals surface area contributed by atoms with Crippen LogP contribution < -0.4 is 0 Å². The van der Waals surface area contributed by atoms with Crippen LogP contribution in [0.4, 0.5) is 8.78 Å². The van der Waals surface area contributed by atoms with Crippen molar-refractivity contribution in [1.29, 1.82) is 0 Å². The molecule has 0 saturated carbocycles. The first-order valence-electron chi connectivity index (χ1n) is 8.56. The van der Waals surface area contributed by atoms with Crippen LogP contribution in [-0.2, 0) is 11.3 Å². The fourth-order valence-electron chi connectivity index (χ4n) is 3.02. The van der Waals surface area contributed by atoms with Gasteiger partial charge in [-0.2, -0.15) is 0 Å². The second-order valence-corrected chi connectivity index (χ2v) is 6.37. The second-order valence-electron chi connectivity index (χ2n) is 6.37. The highest BCUT2D eigenvalue weighted by Gasteiger charge is 2.38. The van der Waals surface area contributed by atoms with E-state index in [0.29, 0.717) is 26.2 Å². The molecule has 136 valence electrons. The van der Waals surface area contributed by atoms with E-state index in [9.17, 15) is 18.4 Å². The van der Waals surface area contributed by atoms with E-state index in [0.717, 1.165) is 17.7 Å². The second kappa shape index (κ2) is 7.64. The van der Waals surface area contributed by atoms with Crippen LogP contribution >= 0.6 is 0 Å². The van der Waals surface area contributed by atoms with Crippen LogP contribution in [0.2, 0.25) is 0 Å². The summed E-state index contributed by atoms with van der Waals surface area (Å²) < 4.78 is 26.3. The quantitative estimate of drug-likeness (QED) is 0.824. The summed E-state index contributed by atoms with van der Waals surface area (Å²) in [5.41, 5.74) is 1.14. The van der Waals surface area contributed by atoms with Gasteiger partial charge in [0.25, 0.3) is 5.91 Å². The van der Waals surface area contributed by atoms with Gasteiger partial charge in [0.1, 0.15) is 0 Å². The molecule has 2 aromatic rings. The van der Waals surface area contributed by atoms with E-state index < -0.39 is 11.6 Å². The molecule has 1 aliphatic rings. The maximum Gasteiger partial charge on any atom is 0.254 e. The number of hydrogen-bond acceptors (Lipinski definition) is 2. The van der Waals surface area contributed by atoms with Gasteiger partial charge in [0.05, 0.1) is 5.92 Å². The zero-order valence-corrected chi connectivity index (χ0v) is 14.5. The van der Waals surface area contributed by atoms with Crippen LogP contribution in [0.1, 0.15) is 22.8 Å². The van der Waals surface area contributed by atoms with Gasteiger partial charge in [-0.15, -0.1) is 0 Å². The lowest BCUT2D eigenvalue weighted by Gasteiger charge is -2.40. The Morgan fingerprint density at radius 3 is 2.38 bits per heavy atom. The molecule has 1 saturated heterocycles. The zero-order chi connectivity index (χ0) is 18.7. The van der Waals surface area contributed by atoms with Gasteiger partial charge in [-0.25, -0.2) is 8.78 Å². The third kappa shape index (κ3) is 3.74. The summed E-state index contributed by atoms with van der Waals surface area (Å²) in [4.78, 5) is 28.2. The highest BCUT2D eigenvalue weighted by molar-refractivity contribution is 5.96. The minimum atomic E-state index is -1.05. The van der Waals surface area contributed by atoms with E-state index in [1.165, 1.54) is 11.0 Å². The first kappa shape index (κ1) is 18.0. The topological polar surface area (TPSA) is 40.6 Å². The molecule has 0 radical (unpaired) electrons. The fraction of sp³-hybridized carbons (Fsp3) is 0.300. The van der Waals surface area contributed by atoms with Crippen LogP contribution in [0.5, 0.6) is 0 Å². The summed E-state index contributed by atoms with van der Waals surface area (Å²) in [5.74, 6) is -2.68. The maximum atomic E-state index is 13.3. The molecular weight excluding hydrogens is 338 g/mol. The molecule has 6 heteroatoms. The normalized spacial score (nSPS) is 14.0. The van der Waals surface area contributed by atoms with Gasteiger partial charge in [-0.05, 0) is 30.7 Å². The highest BCUT2D eigenvalue weighted by atomic mass is 19.2. The van der Waals surface area contributed by atoms with Crippen molar-refractivity contribution in [3.05, 3.63) is 71.3 Å². The smallest absolute Gasteiger partial charge is 0.254 e. The Morgan fingerprint density at radius 2 is 1.77 bits per heavy atom. The number of carbonyl (C=O) groups is 2. The average molecular weight is 358 g/mol. The Bertz CT molecular complexity index is 805. The number of likely N-dealkylation sites (tertiary alicyclic amines) is 1. The number of amides is 2. The Hall–Kier alpha value is -2.76. The van der Waals surface area contributed by atoms with Crippen LogP contribution in [0.15, 0.2) is 48.5 Å². The minimum Gasteiger partial charge on any atom is -0.338 e. The van der Waals surface area contributed by atoms with Gasteiger partial charge in [0, 0.05) is 31.7 Å². The lowest BCUT2D eigenvalue weighted by Crippen LogP contribution is -2.56. The summed E-state index contributed by atoms with van der Waals surface area (Å²) in [5, 5.41) is 0. The van der Waals surface area contributed by atoms with Gasteiger partial charge in [0.15, 0.2) is 11.6 Å². The molecule has 0 aromatic heterocycles. The molecule has 0 aliphatic carbocycles. The van der Waals surface area contributed by atoms with Gasteiger partial charge >= 0.3 is 0 Å². The van der Waals surface area contributed by atoms with E-state index in [2.05, 4.69) is 0 Å². The first-order valence-corrected chi connectivity index (χ1v) is 8.56. The summed E-state index contributed by atoms with van der Waals surface area (Å²) in [6, 6.07) is 12.8. The van der Waals surface area contributed by atoms with Crippen LogP contribution in [0, 0.1) is 17.6 Å². The Labute approximate surface area is 151 Å². The van der Waals surface area contributed by atoms with E-state index in [1.807, 2.05) is 37.3 Å². The number of benzene rings is 2. The molecule has 1 heterocycles. The lowest BCUT2D eigenvalue weighted by molar-refractivity contribution is -0.140. The summed E-state index contributed by atoms with van der Waals surface area (Å²) in [6.45, 7) is 3.62. The molecule has 1 aliphatic heterocycles. The van der Waals surface area contributed by atoms with Crippen LogP contribution in [0.3, 0.4) is 0 Å². The molecule has 4 nitrogen and oxygen atoms in total. The van der Waals surface area contributed by atoms with Crippen molar-refractivity contribution >= 4 is 11.8 Å². The van der Waals surface area contributed by atoms with Crippen LogP contribution in [0.25, 0.3) is 0 Å². The number of nitrogens with zero attached hydrogens (tertiary/aromatic N) is 2. The van der Waals surface area contributed by atoms with Gasteiger partial charge < -0.3 is 9.80 Å². The van der Waals surface area contributed by atoms with Crippen molar-refractivity contribution in [2.75, 3.05) is 19.6 Å². The van der Waals surface area contributed by atoms with Crippen molar-refractivity contribution in [3.63, 3.8) is 0 Å². The molecule has 0 N–H and O–H groups in total. The van der Waals surface area contributed by atoms with Crippen LogP contribution in [-0.4, -0.2) is 41.2 Å². The largest absolute Gasteiger partial charge is 0.338 e. The molecule has 2 aromatic carbocycles. The first-order chi connectivity index (χ1) is 12.5. The Morgan fingerprint density at radius 1 is 1.08 bits per heavy atom. The average Bonchev–Trinajstić information content (AvgIpc) is 2.61. The van der Waals surface area contributed by atoms with Crippen molar-refractivity contribution < 1.29 is 18.4 Å². The summed E-state index contributed by atoms with van der Waals surface area (Å²) in [6.07, 6.45) is 0. The molecule has 26 heavy (non-hydrogen) atoms. The molecule has 2 amide bonds. The van der Waals surface area contributed by atoms with E-state index in [1.54, 1.807) is 4.90 Å². The van der Waals surface area contributed by atoms with Crippen molar-refractivity contribution in [1.82, 2.24) is 9.80 Å². The fourth-order valence-corrected chi connectivity index (χ4v) is 3.02. The number of rotatable bonds is 5. The van der Waals surface area contributed by atoms with Gasteiger partial charge in [-0.1, -0.05) is 30.3 Å². The molecule has 0 unspecified atom stereocenters. The molecule has 0 spiro atoms. The monoisotopic (exact) mass is 358 g/mol. The number of hydrogen-bond donors (Lipinski definition) is 0. The van der Waals surface area contributed by atoms with E-state index >= 15 is 0 Å². The Balaban J connectivity index is 1.58. The summed E-state index contributed by atoms with van der Waals surface area (Å²) in [7, 11) is 0. The van der Waals surface area contributed by atoms with Crippen molar-refractivity contribution in [2.45, 2.75) is 13.5 Å². The third-order valence-electron chi connectivity index (χ3n) is 4.59. The van der Waals surface area contributed by atoms with Crippen molar-refractivity contribution in [3.8, 4) is 0 Å². The number of halogens is 2. The molecule has 0 bridgehead atoms. The number of carbonyl (C=O) groups excluding carboxylic acids is 2. The standard InChI is InChI=1S/C20H20F2N2O2/c1-2-23(11-14-6-4-3-5-7-14)20(26)16-12-24(13-16)19(25)15-8-9-17(21)18(22)10-15/h3-10,16H,2,11-13H2,1H3. The zero-order valence-electron chi connectivity index (χ0n) is 14.5. The third-order valence-corrected chi connectivity index (χ3v) is 4.59. The molecule has 0 atom stereocenters. The Kier molecular flexibility index (Phi) is 5.30. The van der Waals surface area contributed by atoms with Gasteiger partial charge in [0.2, 0.25) is 5.91 Å². The SMILES string of the molecule is CCN(Cc1ccccc1)C(=O)C1CN(C(=O)c2ccc(F)c(F)c2)C1. The predicted molar refractivity (Wildman–Crippen MR) is 93.3 cm³/mol. The molecular formula is C20H20F2N2O2. The predicted octanol–water partition coefficient (Wildman–Crippen LogP) is 3.09. The minimum absolute atomic E-state index is 0.00527. The summed E-state index contributed by atoms with van der Waals surface area (Å²) >= 11 is 0. The van der Waals surface area contributed by atoms with E-state index in [-0.39, 0.29) is 23.3 Å². The van der Waals surface area contributed by atoms with E-state index in [4.69, 9.17) is 0 Å². The maximum absolute atomic E-state index is 13.3.